The van der Waals surface area contributed by atoms with E-state index >= 15 is 0 Å². The summed E-state index contributed by atoms with van der Waals surface area (Å²) >= 11 is 9.34. The molecule has 2 nitrogen and oxygen atoms in total. The van der Waals surface area contributed by atoms with Crippen molar-refractivity contribution in [2.75, 3.05) is 11.9 Å². The van der Waals surface area contributed by atoms with Gasteiger partial charge in [-0.05, 0) is 59.8 Å². The summed E-state index contributed by atoms with van der Waals surface area (Å²) < 4.78 is 39.0. The number of alkyl halides is 3. The molecule has 0 amide bonds. The Morgan fingerprint density at radius 2 is 1.95 bits per heavy atom. The van der Waals surface area contributed by atoms with Crippen LogP contribution >= 0.6 is 27.5 Å². The van der Waals surface area contributed by atoms with E-state index in [0.29, 0.717) is 24.4 Å². The van der Waals surface area contributed by atoms with Crippen LogP contribution in [0.25, 0.3) is 0 Å². The van der Waals surface area contributed by atoms with Crippen LogP contribution in [0.1, 0.15) is 25.7 Å². The summed E-state index contributed by atoms with van der Waals surface area (Å²) in [5.41, 5.74) is 6.11. The van der Waals surface area contributed by atoms with Crippen molar-refractivity contribution in [3.8, 4) is 0 Å². The van der Waals surface area contributed by atoms with E-state index in [0.717, 1.165) is 10.2 Å². The van der Waals surface area contributed by atoms with Gasteiger partial charge in [0.15, 0.2) is 0 Å². The zero-order valence-electron chi connectivity index (χ0n) is 11.3. The summed E-state index contributed by atoms with van der Waals surface area (Å²) in [5, 5.41) is 3.84. The first kappa shape index (κ1) is 16.9. The zero-order chi connectivity index (χ0) is 15.7. The van der Waals surface area contributed by atoms with Crippen molar-refractivity contribution in [2.45, 2.75) is 37.4 Å². The number of rotatable bonds is 3. The van der Waals surface area contributed by atoms with Gasteiger partial charge >= 0.3 is 6.18 Å². The minimum absolute atomic E-state index is 0.109. The highest BCUT2D eigenvalue weighted by molar-refractivity contribution is 9.10. The molecule has 0 bridgehead atoms. The summed E-state index contributed by atoms with van der Waals surface area (Å²) in [7, 11) is 0. The average molecular weight is 386 g/mol. The molecule has 1 aromatic carbocycles. The van der Waals surface area contributed by atoms with Gasteiger partial charge in [0.25, 0.3) is 0 Å². The van der Waals surface area contributed by atoms with Crippen LogP contribution < -0.4 is 11.1 Å². The van der Waals surface area contributed by atoms with Crippen molar-refractivity contribution in [3.63, 3.8) is 0 Å². The fraction of sp³-hybridized carbons (Fsp3) is 0.571. The Bertz CT molecular complexity index is 499. The Morgan fingerprint density at radius 3 is 2.43 bits per heavy atom. The number of nitrogens with two attached hydrogens (primary N) is 1. The third-order valence-corrected chi connectivity index (χ3v) is 5.36. The van der Waals surface area contributed by atoms with E-state index in [1.165, 1.54) is 0 Å². The highest BCUT2D eigenvalue weighted by atomic mass is 79.9. The standard InChI is InChI=1S/C14H17BrClF3N2/c15-11-2-1-10(7-12(11)16)21-13(8-20)5-3-9(4-6-13)14(17,18)19/h1-2,7,9,21H,3-6,8,20H2. The zero-order valence-corrected chi connectivity index (χ0v) is 13.7. The Kier molecular flexibility index (Phi) is 5.11. The molecule has 0 saturated heterocycles. The molecule has 0 heterocycles. The number of nitrogens with one attached hydrogen (secondary N) is 1. The van der Waals surface area contributed by atoms with Crippen molar-refractivity contribution in [1.82, 2.24) is 0 Å². The molecule has 1 fully saturated rings. The van der Waals surface area contributed by atoms with E-state index in [4.69, 9.17) is 17.3 Å². The monoisotopic (exact) mass is 384 g/mol. The minimum atomic E-state index is -4.11. The molecule has 1 aromatic rings. The maximum atomic E-state index is 12.7. The van der Waals surface area contributed by atoms with Crippen molar-refractivity contribution in [2.24, 2.45) is 11.7 Å². The Balaban J connectivity index is 2.08. The van der Waals surface area contributed by atoms with Crippen LogP contribution in [0, 0.1) is 5.92 Å². The van der Waals surface area contributed by atoms with Gasteiger partial charge in [-0.3, -0.25) is 0 Å². The molecule has 21 heavy (non-hydrogen) atoms. The molecular formula is C14H17BrClF3N2. The van der Waals surface area contributed by atoms with Crippen LogP contribution in [0.15, 0.2) is 22.7 Å². The quantitative estimate of drug-likeness (QED) is 0.771. The Hall–Kier alpha value is -0.460. The van der Waals surface area contributed by atoms with Crippen LogP contribution in [0.5, 0.6) is 0 Å². The number of hydrogen-bond donors (Lipinski definition) is 2. The summed E-state index contributed by atoms with van der Waals surface area (Å²) in [6.45, 7) is 0.297. The normalized spacial score (nSPS) is 26.7. The first-order valence-corrected chi connectivity index (χ1v) is 7.93. The number of hydrogen-bond acceptors (Lipinski definition) is 2. The van der Waals surface area contributed by atoms with Gasteiger partial charge in [0, 0.05) is 22.2 Å². The van der Waals surface area contributed by atoms with Crippen LogP contribution in [-0.2, 0) is 0 Å². The van der Waals surface area contributed by atoms with Gasteiger partial charge in [-0.25, -0.2) is 0 Å². The lowest BCUT2D eigenvalue weighted by Gasteiger charge is -2.41. The summed E-state index contributed by atoms with van der Waals surface area (Å²) in [4.78, 5) is 0. The van der Waals surface area contributed by atoms with Crippen molar-refractivity contribution >= 4 is 33.2 Å². The van der Waals surface area contributed by atoms with Gasteiger partial charge in [-0.1, -0.05) is 11.6 Å². The maximum absolute atomic E-state index is 12.7. The van der Waals surface area contributed by atoms with E-state index in [1.807, 2.05) is 6.07 Å². The first-order valence-electron chi connectivity index (χ1n) is 6.76. The molecule has 1 aliphatic carbocycles. The molecule has 0 aromatic heterocycles. The SMILES string of the molecule is NCC1(Nc2ccc(Br)c(Cl)c2)CCC(C(F)(F)F)CC1. The summed E-state index contributed by atoms with van der Waals surface area (Å²) in [6, 6.07) is 5.39. The lowest BCUT2D eigenvalue weighted by atomic mass is 9.76. The van der Waals surface area contributed by atoms with Crippen LogP contribution in [0.2, 0.25) is 5.02 Å². The lowest BCUT2D eigenvalue weighted by Crippen LogP contribution is -2.49. The highest BCUT2D eigenvalue weighted by Gasteiger charge is 2.45. The molecule has 118 valence electrons. The second kappa shape index (κ2) is 6.34. The first-order chi connectivity index (χ1) is 9.76. The van der Waals surface area contributed by atoms with Crippen molar-refractivity contribution in [1.29, 1.82) is 0 Å². The molecule has 0 spiro atoms. The second-order valence-electron chi connectivity index (χ2n) is 5.55. The van der Waals surface area contributed by atoms with E-state index in [2.05, 4.69) is 21.2 Å². The maximum Gasteiger partial charge on any atom is 0.391 e. The molecule has 0 atom stereocenters. The number of anilines is 1. The molecule has 7 heteroatoms. The molecular weight excluding hydrogens is 369 g/mol. The fourth-order valence-electron chi connectivity index (χ4n) is 2.76. The molecule has 1 saturated carbocycles. The summed E-state index contributed by atoms with van der Waals surface area (Å²) in [5.74, 6) is -1.22. The van der Waals surface area contributed by atoms with E-state index < -0.39 is 17.6 Å². The van der Waals surface area contributed by atoms with Gasteiger partial charge < -0.3 is 11.1 Å². The number of benzene rings is 1. The van der Waals surface area contributed by atoms with E-state index in [-0.39, 0.29) is 12.8 Å². The van der Waals surface area contributed by atoms with Crippen molar-refractivity contribution in [3.05, 3.63) is 27.7 Å². The number of halogens is 5. The molecule has 0 aliphatic heterocycles. The average Bonchev–Trinajstić information content (AvgIpc) is 2.42. The molecule has 2 rings (SSSR count). The van der Waals surface area contributed by atoms with Crippen LogP contribution in [0.4, 0.5) is 18.9 Å². The molecule has 1 aliphatic rings. The smallest absolute Gasteiger partial charge is 0.378 e. The van der Waals surface area contributed by atoms with Gasteiger partial charge in [-0.2, -0.15) is 13.2 Å². The largest absolute Gasteiger partial charge is 0.391 e. The Labute approximate surface area is 135 Å². The van der Waals surface area contributed by atoms with Gasteiger partial charge in [0.05, 0.1) is 10.9 Å². The van der Waals surface area contributed by atoms with Crippen LogP contribution in [0.3, 0.4) is 0 Å². The predicted molar refractivity (Wildman–Crippen MR) is 82.6 cm³/mol. The molecule has 0 unspecified atom stereocenters. The van der Waals surface area contributed by atoms with Crippen LogP contribution in [-0.4, -0.2) is 18.3 Å². The lowest BCUT2D eigenvalue weighted by molar-refractivity contribution is -0.183. The highest BCUT2D eigenvalue weighted by Crippen LogP contribution is 2.42. The third-order valence-electron chi connectivity index (χ3n) is 4.13. The van der Waals surface area contributed by atoms with E-state index in [9.17, 15) is 13.2 Å². The third kappa shape index (κ3) is 4.05. The minimum Gasteiger partial charge on any atom is -0.378 e. The van der Waals surface area contributed by atoms with E-state index in [1.54, 1.807) is 12.1 Å². The fourth-order valence-corrected chi connectivity index (χ4v) is 3.19. The molecule has 3 N–H and O–H groups in total. The Morgan fingerprint density at radius 1 is 1.33 bits per heavy atom. The topological polar surface area (TPSA) is 38.0 Å². The molecule has 0 radical (unpaired) electrons. The van der Waals surface area contributed by atoms with Gasteiger partial charge in [-0.15, -0.1) is 0 Å². The van der Waals surface area contributed by atoms with Gasteiger partial charge in [0.2, 0.25) is 0 Å². The van der Waals surface area contributed by atoms with Gasteiger partial charge in [0.1, 0.15) is 0 Å². The predicted octanol–water partition coefficient (Wildman–Crippen LogP) is 4.96. The summed E-state index contributed by atoms with van der Waals surface area (Å²) in [6.07, 6.45) is -3.08. The second-order valence-corrected chi connectivity index (χ2v) is 6.82. The van der Waals surface area contributed by atoms with Crippen molar-refractivity contribution < 1.29 is 13.2 Å².